The fourth-order valence-corrected chi connectivity index (χ4v) is 3.39. The van der Waals surface area contributed by atoms with E-state index in [2.05, 4.69) is 4.90 Å². The number of hydrogen-bond donors (Lipinski definition) is 0. The molecule has 1 aromatic rings. The van der Waals surface area contributed by atoms with E-state index in [0.29, 0.717) is 5.91 Å². The second-order valence-corrected chi connectivity index (χ2v) is 6.05. The summed E-state index contributed by atoms with van der Waals surface area (Å²) in [5.74, 6) is 2.36. The van der Waals surface area contributed by atoms with Gasteiger partial charge < -0.3 is 9.32 Å². The van der Waals surface area contributed by atoms with Crippen molar-refractivity contribution in [3.05, 3.63) is 23.7 Å². The minimum absolute atomic E-state index is 0.0513. The minimum Gasteiger partial charge on any atom is -0.465 e. The first-order valence-electron chi connectivity index (χ1n) is 7.12. The average molecular weight is 262 g/mol. The van der Waals surface area contributed by atoms with Crippen molar-refractivity contribution in [2.75, 3.05) is 26.7 Å². The SMILES string of the molecule is Cc1ccc(CN2CCC3(CC2)CCN(C)C3=O)o1. The van der Waals surface area contributed by atoms with Crippen LogP contribution in [0.2, 0.25) is 0 Å². The van der Waals surface area contributed by atoms with Crippen molar-refractivity contribution in [2.24, 2.45) is 5.41 Å². The number of furan rings is 1. The minimum atomic E-state index is -0.0513. The summed E-state index contributed by atoms with van der Waals surface area (Å²) in [6.45, 7) is 5.77. The number of rotatable bonds is 2. The molecule has 0 saturated carbocycles. The Balaban J connectivity index is 1.59. The average Bonchev–Trinajstić information content (AvgIpc) is 2.92. The van der Waals surface area contributed by atoms with Gasteiger partial charge in [-0.15, -0.1) is 0 Å². The van der Waals surface area contributed by atoms with Gasteiger partial charge in [0.25, 0.3) is 0 Å². The summed E-state index contributed by atoms with van der Waals surface area (Å²) in [6.07, 6.45) is 3.03. The molecule has 0 unspecified atom stereocenters. The number of piperidine rings is 1. The van der Waals surface area contributed by atoms with Crippen LogP contribution >= 0.6 is 0 Å². The Morgan fingerprint density at radius 2 is 1.89 bits per heavy atom. The lowest BCUT2D eigenvalue weighted by Gasteiger charge is -2.37. The predicted octanol–water partition coefficient (Wildman–Crippen LogP) is 2.03. The van der Waals surface area contributed by atoms with E-state index in [-0.39, 0.29) is 5.41 Å². The Morgan fingerprint density at radius 1 is 1.21 bits per heavy atom. The predicted molar refractivity (Wildman–Crippen MR) is 72.6 cm³/mol. The molecule has 0 radical (unpaired) electrons. The molecule has 19 heavy (non-hydrogen) atoms. The van der Waals surface area contributed by atoms with Crippen LogP contribution in [0.3, 0.4) is 0 Å². The van der Waals surface area contributed by atoms with Crippen LogP contribution in [0.1, 0.15) is 30.8 Å². The van der Waals surface area contributed by atoms with Gasteiger partial charge in [-0.1, -0.05) is 0 Å². The van der Waals surface area contributed by atoms with E-state index in [9.17, 15) is 4.79 Å². The topological polar surface area (TPSA) is 36.7 Å². The Labute approximate surface area is 114 Å². The summed E-state index contributed by atoms with van der Waals surface area (Å²) < 4.78 is 5.62. The molecule has 104 valence electrons. The van der Waals surface area contributed by atoms with Gasteiger partial charge in [0.15, 0.2) is 0 Å². The first-order valence-corrected chi connectivity index (χ1v) is 7.12. The van der Waals surface area contributed by atoms with Crippen molar-refractivity contribution in [2.45, 2.75) is 32.7 Å². The van der Waals surface area contributed by atoms with Gasteiger partial charge in [-0.3, -0.25) is 9.69 Å². The molecule has 1 spiro atoms. The van der Waals surface area contributed by atoms with Gasteiger partial charge in [-0.05, 0) is 51.4 Å². The van der Waals surface area contributed by atoms with E-state index < -0.39 is 0 Å². The lowest BCUT2D eigenvalue weighted by Crippen LogP contribution is -2.43. The van der Waals surface area contributed by atoms with E-state index >= 15 is 0 Å². The summed E-state index contributed by atoms with van der Waals surface area (Å²) in [7, 11) is 1.93. The van der Waals surface area contributed by atoms with Crippen LogP contribution in [0.4, 0.5) is 0 Å². The van der Waals surface area contributed by atoms with Crippen molar-refractivity contribution in [1.82, 2.24) is 9.80 Å². The number of hydrogen-bond acceptors (Lipinski definition) is 3. The zero-order chi connectivity index (χ0) is 13.5. The Hall–Kier alpha value is -1.29. The van der Waals surface area contributed by atoms with Gasteiger partial charge in [0.1, 0.15) is 11.5 Å². The molecule has 0 atom stereocenters. The molecular weight excluding hydrogens is 240 g/mol. The van der Waals surface area contributed by atoms with Crippen LogP contribution < -0.4 is 0 Å². The third kappa shape index (κ3) is 2.29. The van der Waals surface area contributed by atoms with Gasteiger partial charge in [0.05, 0.1) is 12.0 Å². The van der Waals surface area contributed by atoms with Crippen molar-refractivity contribution in [3.8, 4) is 0 Å². The molecule has 3 rings (SSSR count). The van der Waals surface area contributed by atoms with Gasteiger partial charge in [0, 0.05) is 13.6 Å². The summed E-state index contributed by atoms with van der Waals surface area (Å²) in [5.41, 5.74) is -0.0513. The third-order valence-corrected chi connectivity index (χ3v) is 4.71. The normalized spacial score (nSPS) is 23.5. The molecule has 2 fully saturated rings. The van der Waals surface area contributed by atoms with Gasteiger partial charge in [-0.2, -0.15) is 0 Å². The first-order chi connectivity index (χ1) is 9.09. The number of carbonyl (C=O) groups excluding carboxylic acids is 1. The molecule has 0 aliphatic carbocycles. The maximum Gasteiger partial charge on any atom is 0.228 e. The van der Waals surface area contributed by atoms with Crippen molar-refractivity contribution in [1.29, 1.82) is 0 Å². The number of aryl methyl sites for hydroxylation is 1. The van der Waals surface area contributed by atoms with Gasteiger partial charge in [-0.25, -0.2) is 0 Å². The quantitative estimate of drug-likeness (QED) is 0.818. The number of nitrogens with zero attached hydrogens (tertiary/aromatic N) is 2. The van der Waals surface area contributed by atoms with Gasteiger partial charge >= 0.3 is 0 Å². The highest BCUT2D eigenvalue weighted by Gasteiger charge is 2.46. The largest absolute Gasteiger partial charge is 0.465 e. The standard InChI is InChI=1S/C15H22N2O2/c1-12-3-4-13(19-12)11-17-9-6-15(7-10-17)5-8-16(2)14(15)18/h3-4H,5-11H2,1-2H3. The maximum atomic E-state index is 12.2. The van der Waals surface area contributed by atoms with Crippen LogP contribution in [0, 0.1) is 12.3 Å². The van der Waals surface area contributed by atoms with Crippen LogP contribution in [0.5, 0.6) is 0 Å². The van der Waals surface area contributed by atoms with E-state index in [1.807, 2.05) is 31.0 Å². The third-order valence-electron chi connectivity index (χ3n) is 4.71. The highest BCUT2D eigenvalue weighted by molar-refractivity contribution is 5.84. The monoisotopic (exact) mass is 262 g/mol. The van der Waals surface area contributed by atoms with Crippen LogP contribution in [0.15, 0.2) is 16.5 Å². The van der Waals surface area contributed by atoms with E-state index in [4.69, 9.17) is 4.42 Å². The first kappa shape index (κ1) is 12.7. The molecule has 2 aliphatic heterocycles. The van der Waals surface area contributed by atoms with Gasteiger partial charge in [0.2, 0.25) is 5.91 Å². The fraction of sp³-hybridized carbons (Fsp3) is 0.667. The second kappa shape index (κ2) is 4.67. The lowest BCUT2D eigenvalue weighted by molar-refractivity contribution is -0.137. The summed E-state index contributed by atoms with van der Waals surface area (Å²) in [4.78, 5) is 16.5. The van der Waals surface area contributed by atoms with Crippen molar-refractivity contribution >= 4 is 5.91 Å². The molecule has 3 heterocycles. The number of carbonyl (C=O) groups is 1. The molecule has 0 bridgehead atoms. The van der Waals surface area contributed by atoms with E-state index in [1.165, 1.54) is 0 Å². The van der Waals surface area contributed by atoms with E-state index in [1.54, 1.807) is 0 Å². The second-order valence-electron chi connectivity index (χ2n) is 6.05. The van der Waals surface area contributed by atoms with Crippen LogP contribution in [-0.2, 0) is 11.3 Å². The maximum absolute atomic E-state index is 12.2. The lowest BCUT2D eigenvalue weighted by atomic mass is 9.77. The zero-order valence-electron chi connectivity index (χ0n) is 11.8. The highest BCUT2D eigenvalue weighted by atomic mass is 16.3. The number of likely N-dealkylation sites (tertiary alicyclic amines) is 2. The molecule has 1 aromatic heterocycles. The van der Waals surface area contributed by atoms with Crippen molar-refractivity contribution in [3.63, 3.8) is 0 Å². The number of amides is 1. The van der Waals surface area contributed by atoms with Crippen LogP contribution in [0.25, 0.3) is 0 Å². The molecule has 0 aromatic carbocycles. The Bertz CT molecular complexity index is 472. The van der Waals surface area contributed by atoms with Crippen molar-refractivity contribution < 1.29 is 9.21 Å². The molecule has 4 nitrogen and oxygen atoms in total. The summed E-state index contributed by atoms with van der Waals surface area (Å²) >= 11 is 0. The molecule has 0 N–H and O–H groups in total. The van der Waals surface area contributed by atoms with Crippen LogP contribution in [-0.4, -0.2) is 42.4 Å². The molecule has 1 amide bonds. The Kier molecular flexibility index (Phi) is 3.13. The summed E-state index contributed by atoms with van der Waals surface area (Å²) in [6, 6.07) is 4.06. The fourth-order valence-electron chi connectivity index (χ4n) is 3.39. The Morgan fingerprint density at radius 3 is 2.42 bits per heavy atom. The molecule has 2 aliphatic rings. The molecule has 2 saturated heterocycles. The molecular formula is C15H22N2O2. The van der Waals surface area contributed by atoms with E-state index in [0.717, 1.165) is 57.0 Å². The zero-order valence-corrected chi connectivity index (χ0v) is 11.8. The smallest absolute Gasteiger partial charge is 0.228 e. The summed E-state index contributed by atoms with van der Waals surface area (Å²) in [5, 5.41) is 0. The molecule has 4 heteroatoms. The highest BCUT2D eigenvalue weighted by Crippen LogP contribution is 2.41.